The highest BCUT2D eigenvalue weighted by Crippen LogP contribution is 2.24. The van der Waals surface area contributed by atoms with E-state index < -0.39 is 5.97 Å². The molecule has 3 aromatic rings. The molecule has 0 unspecified atom stereocenters. The molecule has 144 valence electrons. The summed E-state index contributed by atoms with van der Waals surface area (Å²) >= 11 is 1.27. The molecule has 0 bridgehead atoms. The quantitative estimate of drug-likeness (QED) is 0.479. The maximum Gasteiger partial charge on any atom is 0.339 e. The van der Waals surface area contributed by atoms with Gasteiger partial charge in [-0.15, -0.1) is 11.8 Å². The highest BCUT2D eigenvalue weighted by molar-refractivity contribution is 8.00. The normalized spacial score (nSPS) is 10.5. The van der Waals surface area contributed by atoms with Crippen molar-refractivity contribution in [3.8, 4) is 0 Å². The Morgan fingerprint density at radius 3 is 2.57 bits per heavy atom. The van der Waals surface area contributed by atoms with E-state index in [2.05, 4.69) is 15.5 Å². The molecule has 1 amide bonds. The van der Waals surface area contributed by atoms with E-state index in [-0.39, 0.29) is 24.2 Å². The van der Waals surface area contributed by atoms with E-state index in [0.717, 1.165) is 11.3 Å². The molecule has 0 aliphatic rings. The summed E-state index contributed by atoms with van der Waals surface area (Å²) in [5.74, 6) is 0.201. The lowest BCUT2D eigenvalue weighted by Gasteiger charge is -2.09. The molecule has 1 heterocycles. The van der Waals surface area contributed by atoms with E-state index in [0.29, 0.717) is 16.3 Å². The van der Waals surface area contributed by atoms with E-state index in [9.17, 15) is 9.59 Å². The fourth-order valence-corrected chi connectivity index (χ4v) is 3.18. The zero-order valence-corrected chi connectivity index (χ0v) is 16.3. The third-order valence-corrected chi connectivity index (χ3v) is 4.77. The Morgan fingerprint density at radius 2 is 1.86 bits per heavy atom. The van der Waals surface area contributed by atoms with Crippen LogP contribution in [0.3, 0.4) is 0 Å². The van der Waals surface area contributed by atoms with Crippen molar-refractivity contribution in [3.05, 3.63) is 71.4 Å². The summed E-state index contributed by atoms with van der Waals surface area (Å²) in [6.45, 7) is 3.56. The summed E-state index contributed by atoms with van der Waals surface area (Å²) in [7, 11) is 0. The monoisotopic (exact) mass is 397 g/mol. The van der Waals surface area contributed by atoms with Crippen molar-refractivity contribution in [1.82, 2.24) is 10.1 Å². The van der Waals surface area contributed by atoms with Crippen LogP contribution in [0.15, 0.2) is 57.9 Å². The molecule has 7 nitrogen and oxygen atoms in total. The van der Waals surface area contributed by atoms with Crippen LogP contribution < -0.4 is 5.32 Å². The predicted molar refractivity (Wildman–Crippen MR) is 105 cm³/mol. The number of carbonyl (C=O) groups is 2. The Balaban J connectivity index is 1.57. The van der Waals surface area contributed by atoms with Gasteiger partial charge in [0.15, 0.2) is 12.4 Å². The van der Waals surface area contributed by atoms with Gasteiger partial charge in [-0.3, -0.25) is 4.79 Å². The van der Waals surface area contributed by atoms with Gasteiger partial charge in [0, 0.05) is 10.6 Å². The van der Waals surface area contributed by atoms with Crippen LogP contribution in [0.4, 0.5) is 5.69 Å². The number of hydrogen-bond donors (Lipinski definition) is 1. The van der Waals surface area contributed by atoms with E-state index >= 15 is 0 Å². The van der Waals surface area contributed by atoms with E-state index in [4.69, 9.17) is 9.26 Å². The summed E-state index contributed by atoms with van der Waals surface area (Å²) in [4.78, 5) is 29.2. The number of thioether (sulfide) groups is 1. The van der Waals surface area contributed by atoms with Crippen LogP contribution in [0, 0.1) is 13.8 Å². The summed E-state index contributed by atoms with van der Waals surface area (Å²) in [6.07, 6.45) is 0. The summed E-state index contributed by atoms with van der Waals surface area (Å²) in [6, 6.07) is 14.5. The minimum atomic E-state index is -0.516. The number of anilines is 1. The lowest BCUT2D eigenvalue weighted by Crippen LogP contribution is -2.14. The molecule has 8 heteroatoms. The van der Waals surface area contributed by atoms with Gasteiger partial charge in [-0.1, -0.05) is 35.0 Å². The van der Waals surface area contributed by atoms with Gasteiger partial charge in [-0.25, -0.2) is 4.79 Å². The van der Waals surface area contributed by atoms with Gasteiger partial charge < -0.3 is 14.6 Å². The van der Waals surface area contributed by atoms with Crippen LogP contribution in [-0.4, -0.2) is 27.8 Å². The van der Waals surface area contributed by atoms with Gasteiger partial charge in [0.2, 0.25) is 5.91 Å². The number of aromatic nitrogens is 2. The first-order valence-electron chi connectivity index (χ1n) is 8.56. The van der Waals surface area contributed by atoms with Crippen molar-refractivity contribution in [2.24, 2.45) is 0 Å². The van der Waals surface area contributed by atoms with Crippen LogP contribution in [0.2, 0.25) is 0 Å². The van der Waals surface area contributed by atoms with Gasteiger partial charge in [-0.2, -0.15) is 4.98 Å². The molecular formula is C20H19N3O4S. The highest BCUT2D eigenvalue weighted by Gasteiger charge is 2.15. The molecule has 0 spiro atoms. The molecule has 0 atom stereocenters. The molecular weight excluding hydrogens is 378 g/mol. The van der Waals surface area contributed by atoms with Crippen LogP contribution in [0.1, 0.15) is 27.6 Å². The third kappa shape index (κ3) is 5.43. The second-order valence-electron chi connectivity index (χ2n) is 6.01. The molecule has 0 radical (unpaired) electrons. The van der Waals surface area contributed by atoms with Crippen LogP contribution in [0.25, 0.3) is 0 Å². The smallest absolute Gasteiger partial charge is 0.339 e. The summed E-state index contributed by atoms with van der Waals surface area (Å²) in [5, 5.41) is 6.48. The number of carbonyl (C=O) groups excluding carboxylic acids is 2. The number of aryl methyl sites for hydroxylation is 2. The SMILES string of the molecule is Cc1ccc(NC(=O)CSc2ccccc2C(=O)OCc2nc(C)no2)cc1. The molecule has 28 heavy (non-hydrogen) atoms. The maximum absolute atomic E-state index is 12.4. The molecule has 1 aromatic heterocycles. The van der Waals surface area contributed by atoms with Crippen LogP contribution in [-0.2, 0) is 16.1 Å². The lowest BCUT2D eigenvalue weighted by molar-refractivity contribution is -0.113. The Labute approximate surface area is 166 Å². The average Bonchev–Trinajstić information content (AvgIpc) is 3.12. The fourth-order valence-electron chi connectivity index (χ4n) is 2.34. The van der Waals surface area contributed by atoms with Gasteiger partial charge in [-0.05, 0) is 38.1 Å². The summed E-state index contributed by atoms with van der Waals surface area (Å²) in [5.41, 5.74) is 2.24. The second-order valence-corrected chi connectivity index (χ2v) is 7.03. The van der Waals surface area contributed by atoms with Gasteiger partial charge in [0.25, 0.3) is 5.89 Å². The number of esters is 1. The third-order valence-electron chi connectivity index (χ3n) is 3.70. The zero-order chi connectivity index (χ0) is 19.9. The topological polar surface area (TPSA) is 94.3 Å². The first kappa shape index (κ1) is 19.6. The largest absolute Gasteiger partial charge is 0.452 e. The average molecular weight is 397 g/mol. The Morgan fingerprint density at radius 1 is 1.11 bits per heavy atom. The first-order valence-corrected chi connectivity index (χ1v) is 9.54. The van der Waals surface area contributed by atoms with Crippen LogP contribution >= 0.6 is 11.8 Å². The zero-order valence-electron chi connectivity index (χ0n) is 15.5. The van der Waals surface area contributed by atoms with E-state index in [1.165, 1.54) is 11.8 Å². The van der Waals surface area contributed by atoms with Crippen molar-refractivity contribution in [2.75, 3.05) is 11.1 Å². The van der Waals surface area contributed by atoms with Crippen molar-refractivity contribution >= 4 is 29.3 Å². The molecule has 1 N–H and O–H groups in total. The second kappa shape index (κ2) is 9.18. The number of hydrogen-bond acceptors (Lipinski definition) is 7. The Hall–Kier alpha value is -3.13. The number of ether oxygens (including phenoxy) is 1. The molecule has 0 saturated heterocycles. The van der Waals surface area contributed by atoms with Crippen molar-refractivity contribution in [3.63, 3.8) is 0 Å². The number of amides is 1. The molecule has 0 fully saturated rings. The number of benzene rings is 2. The molecule has 0 aliphatic carbocycles. The molecule has 2 aromatic carbocycles. The highest BCUT2D eigenvalue weighted by atomic mass is 32.2. The first-order chi connectivity index (χ1) is 13.5. The Bertz CT molecular complexity index is 970. The van der Waals surface area contributed by atoms with Gasteiger partial charge in [0.1, 0.15) is 0 Å². The lowest BCUT2D eigenvalue weighted by atomic mass is 10.2. The van der Waals surface area contributed by atoms with E-state index in [1.807, 2.05) is 31.2 Å². The van der Waals surface area contributed by atoms with Gasteiger partial charge >= 0.3 is 5.97 Å². The minimum Gasteiger partial charge on any atom is -0.452 e. The van der Waals surface area contributed by atoms with E-state index in [1.54, 1.807) is 31.2 Å². The van der Waals surface area contributed by atoms with Crippen molar-refractivity contribution in [1.29, 1.82) is 0 Å². The predicted octanol–water partition coefficient (Wildman–Crippen LogP) is 3.77. The molecule has 3 rings (SSSR count). The Kier molecular flexibility index (Phi) is 6.44. The fraction of sp³-hybridized carbons (Fsp3) is 0.200. The molecule has 0 saturated carbocycles. The van der Waals surface area contributed by atoms with Crippen LogP contribution in [0.5, 0.6) is 0 Å². The van der Waals surface area contributed by atoms with Gasteiger partial charge in [0.05, 0.1) is 11.3 Å². The molecule has 0 aliphatic heterocycles. The number of nitrogens with one attached hydrogen (secondary N) is 1. The van der Waals surface area contributed by atoms with Crippen molar-refractivity contribution < 1.29 is 18.8 Å². The summed E-state index contributed by atoms with van der Waals surface area (Å²) < 4.78 is 10.2. The number of rotatable bonds is 7. The minimum absolute atomic E-state index is 0.105. The maximum atomic E-state index is 12.4. The standard InChI is InChI=1S/C20H19N3O4S/c1-13-7-9-15(10-8-13)22-18(24)12-28-17-6-4-3-5-16(17)20(25)26-11-19-21-14(2)23-27-19/h3-10H,11-12H2,1-2H3,(H,22,24). The number of nitrogens with zero attached hydrogens (tertiary/aromatic N) is 2. The van der Waals surface area contributed by atoms with Crippen molar-refractivity contribution in [2.45, 2.75) is 25.3 Å².